The molecule has 0 bridgehead atoms. The van der Waals surface area contributed by atoms with Gasteiger partial charge < -0.3 is 19.1 Å². The number of ether oxygens (including phenoxy) is 2. The van der Waals surface area contributed by atoms with Gasteiger partial charge in [0.15, 0.2) is 0 Å². The summed E-state index contributed by atoms with van der Waals surface area (Å²) in [5.41, 5.74) is 4.40. The fourth-order valence-electron chi connectivity index (χ4n) is 5.08. The Morgan fingerprint density at radius 1 is 1.13 bits per heavy atom. The van der Waals surface area contributed by atoms with Crippen molar-refractivity contribution in [3.05, 3.63) is 29.3 Å². The zero-order chi connectivity index (χ0) is 20.7. The standard InChI is InChI=1S/C24H33N3O3/c1-16(2)11-17-3-4-22-20(12-17)23(24(28)27(22)18-5-9-29-10-6-18)21-13-26(8-7-25-21)19-14-30-15-19/h3-4,12,16,18-19,28H,5-11,13-15H2,1-2H3. The molecule has 0 radical (unpaired) electrons. The van der Waals surface area contributed by atoms with Gasteiger partial charge in [0.25, 0.3) is 0 Å². The van der Waals surface area contributed by atoms with Gasteiger partial charge in [0.2, 0.25) is 5.88 Å². The number of rotatable bonds is 5. The number of fused-ring (bicyclic) bond motifs is 1. The maximum absolute atomic E-state index is 11.5. The predicted octanol–water partition coefficient (Wildman–Crippen LogP) is 3.40. The second-order valence-corrected chi connectivity index (χ2v) is 9.35. The third kappa shape index (κ3) is 3.66. The van der Waals surface area contributed by atoms with Crippen molar-refractivity contribution in [1.82, 2.24) is 9.47 Å². The topological polar surface area (TPSA) is 59.2 Å². The van der Waals surface area contributed by atoms with Gasteiger partial charge in [-0.3, -0.25) is 9.89 Å². The van der Waals surface area contributed by atoms with E-state index in [1.165, 1.54) is 5.56 Å². The molecule has 3 aliphatic rings. The molecule has 2 fully saturated rings. The summed E-state index contributed by atoms with van der Waals surface area (Å²) in [7, 11) is 0. The Balaban J connectivity index is 1.59. The molecule has 1 aromatic carbocycles. The van der Waals surface area contributed by atoms with Crippen molar-refractivity contribution in [3.8, 4) is 5.88 Å². The monoisotopic (exact) mass is 411 g/mol. The summed E-state index contributed by atoms with van der Waals surface area (Å²) >= 11 is 0. The second-order valence-electron chi connectivity index (χ2n) is 9.35. The minimum absolute atomic E-state index is 0.270. The number of aromatic nitrogens is 1. The van der Waals surface area contributed by atoms with Crippen LogP contribution in [-0.2, 0) is 15.9 Å². The average Bonchev–Trinajstić information content (AvgIpc) is 2.98. The van der Waals surface area contributed by atoms with Gasteiger partial charge in [-0.15, -0.1) is 0 Å². The van der Waals surface area contributed by atoms with Gasteiger partial charge in [-0.2, -0.15) is 0 Å². The number of hydrogen-bond acceptors (Lipinski definition) is 5. The molecule has 0 saturated carbocycles. The number of aliphatic imine (C=N–C) groups is 1. The van der Waals surface area contributed by atoms with Crippen LogP contribution in [0.15, 0.2) is 23.2 Å². The van der Waals surface area contributed by atoms with Gasteiger partial charge in [-0.05, 0) is 42.9 Å². The molecular weight excluding hydrogens is 378 g/mol. The molecule has 1 aromatic heterocycles. The maximum Gasteiger partial charge on any atom is 0.201 e. The van der Waals surface area contributed by atoms with Crippen molar-refractivity contribution in [3.63, 3.8) is 0 Å². The van der Waals surface area contributed by atoms with Crippen LogP contribution in [0, 0.1) is 5.92 Å². The van der Waals surface area contributed by atoms with Crippen LogP contribution >= 0.6 is 0 Å². The van der Waals surface area contributed by atoms with E-state index in [1.807, 2.05) is 0 Å². The highest BCUT2D eigenvalue weighted by Gasteiger charge is 2.32. The van der Waals surface area contributed by atoms with E-state index in [4.69, 9.17) is 14.5 Å². The van der Waals surface area contributed by atoms with E-state index < -0.39 is 0 Å². The van der Waals surface area contributed by atoms with Crippen molar-refractivity contribution in [2.75, 3.05) is 46.1 Å². The lowest BCUT2D eigenvalue weighted by Crippen LogP contribution is -2.53. The largest absolute Gasteiger partial charge is 0.494 e. The maximum atomic E-state index is 11.5. The van der Waals surface area contributed by atoms with Crippen LogP contribution in [0.4, 0.5) is 0 Å². The van der Waals surface area contributed by atoms with E-state index >= 15 is 0 Å². The summed E-state index contributed by atoms with van der Waals surface area (Å²) in [5, 5.41) is 12.6. The zero-order valence-corrected chi connectivity index (χ0v) is 18.1. The Morgan fingerprint density at radius 3 is 2.63 bits per heavy atom. The Kier molecular flexibility index (Phi) is 5.56. The van der Waals surface area contributed by atoms with Crippen molar-refractivity contribution in [2.24, 2.45) is 10.9 Å². The van der Waals surface area contributed by atoms with Crippen LogP contribution in [0.5, 0.6) is 5.88 Å². The first-order valence-electron chi connectivity index (χ1n) is 11.4. The van der Waals surface area contributed by atoms with Crippen LogP contribution in [0.2, 0.25) is 0 Å². The molecule has 0 spiro atoms. The Bertz CT molecular complexity index is 939. The summed E-state index contributed by atoms with van der Waals surface area (Å²) in [6, 6.07) is 7.47. The highest BCUT2D eigenvalue weighted by atomic mass is 16.5. The minimum Gasteiger partial charge on any atom is -0.494 e. The first kappa shape index (κ1) is 20.0. The van der Waals surface area contributed by atoms with E-state index in [9.17, 15) is 5.11 Å². The third-order valence-corrected chi connectivity index (χ3v) is 6.71. The van der Waals surface area contributed by atoms with Crippen LogP contribution < -0.4 is 0 Å². The Morgan fingerprint density at radius 2 is 1.93 bits per heavy atom. The third-order valence-electron chi connectivity index (χ3n) is 6.71. The number of nitrogens with zero attached hydrogens (tertiary/aromatic N) is 3. The van der Waals surface area contributed by atoms with Gasteiger partial charge in [-0.25, -0.2) is 0 Å². The van der Waals surface area contributed by atoms with Crippen molar-refractivity contribution in [2.45, 2.75) is 45.2 Å². The molecule has 6 heteroatoms. The highest BCUT2D eigenvalue weighted by molar-refractivity contribution is 6.14. The lowest BCUT2D eigenvalue weighted by molar-refractivity contribution is -0.0596. The summed E-state index contributed by atoms with van der Waals surface area (Å²) in [5.74, 6) is 0.974. The van der Waals surface area contributed by atoms with Gasteiger partial charge in [0.1, 0.15) is 0 Å². The van der Waals surface area contributed by atoms with Gasteiger partial charge in [-0.1, -0.05) is 19.9 Å². The summed E-state index contributed by atoms with van der Waals surface area (Å²) in [4.78, 5) is 7.35. The smallest absolute Gasteiger partial charge is 0.201 e. The Hall–Kier alpha value is -1.89. The normalized spacial score (nSPS) is 21.9. The number of hydrogen-bond donors (Lipinski definition) is 1. The van der Waals surface area contributed by atoms with Crippen molar-refractivity contribution >= 4 is 16.6 Å². The molecule has 4 heterocycles. The fourth-order valence-corrected chi connectivity index (χ4v) is 5.08. The first-order valence-corrected chi connectivity index (χ1v) is 11.4. The molecule has 0 amide bonds. The molecule has 5 rings (SSSR count). The first-order chi connectivity index (χ1) is 14.6. The Labute approximate surface area is 178 Å². The molecule has 0 aliphatic carbocycles. The van der Waals surface area contributed by atoms with Gasteiger partial charge in [0.05, 0.1) is 42.6 Å². The fraction of sp³-hybridized carbons (Fsp3) is 0.625. The van der Waals surface area contributed by atoms with Crippen LogP contribution in [0.1, 0.15) is 43.9 Å². The molecule has 2 saturated heterocycles. The molecule has 30 heavy (non-hydrogen) atoms. The average molecular weight is 412 g/mol. The molecule has 0 unspecified atom stereocenters. The van der Waals surface area contributed by atoms with E-state index in [0.29, 0.717) is 17.8 Å². The van der Waals surface area contributed by atoms with Gasteiger partial charge >= 0.3 is 0 Å². The van der Waals surface area contributed by atoms with E-state index in [1.54, 1.807) is 0 Å². The summed E-state index contributed by atoms with van der Waals surface area (Å²) < 4.78 is 13.1. The van der Waals surface area contributed by atoms with Crippen LogP contribution in [-0.4, -0.2) is 72.4 Å². The molecule has 6 nitrogen and oxygen atoms in total. The lowest BCUT2D eigenvalue weighted by Gasteiger charge is -2.38. The molecular formula is C24H33N3O3. The number of benzene rings is 1. The van der Waals surface area contributed by atoms with Gasteiger partial charge in [0, 0.05) is 37.7 Å². The SMILES string of the molecule is CC(C)Cc1ccc2c(c1)c(C1=NCCN(C3COC3)C1)c(O)n2C1CCOCC1. The van der Waals surface area contributed by atoms with E-state index in [2.05, 4.69) is 41.5 Å². The summed E-state index contributed by atoms with van der Waals surface area (Å²) in [6.07, 6.45) is 2.90. The molecule has 162 valence electrons. The van der Waals surface area contributed by atoms with Crippen molar-refractivity contribution < 1.29 is 14.6 Å². The van der Waals surface area contributed by atoms with E-state index in [-0.39, 0.29) is 6.04 Å². The number of aromatic hydroxyl groups is 1. The molecule has 0 atom stereocenters. The van der Waals surface area contributed by atoms with E-state index in [0.717, 1.165) is 87.5 Å². The highest BCUT2D eigenvalue weighted by Crippen LogP contribution is 2.39. The van der Waals surface area contributed by atoms with Crippen LogP contribution in [0.3, 0.4) is 0 Å². The van der Waals surface area contributed by atoms with Crippen LogP contribution in [0.25, 0.3) is 10.9 Å². The quantitative estimate of drug-likeness (QED) is 0.819. The predicted molar refractivity (Wildman–Crippen MR) is 119 cm³/mol. The minimum atomic E-state index is 0.270. The molecule has 1 N–H and O–H groups in total. The molecule has 2 aromatic rings. The zero-order valence-electron chi connectivity index (χ0n) is 18.1. The summed E-state index contributed by atoms with van der Waals surface area (Å²) in [6.45, 7) is 10.1. The second kappa shape index (κ2) is 8.33. The molecule has 3 aliphatic heterocycles. The lowest BCUT2D eigenvalue weighted by atomic mass is 9.99. The van der Waals surface area contributed by atoms with Crippen molar-refractivity contribution in [1.29, 1.82) is 0 Å².